The molecular formula is C17H20O2. The lowest BCUT2D eigenvalue weighted by molar-refractivity contribution is 0.0993. The zero-order valence-corrected chi connectivity index (χ0v) is 10.9. The van der Waals surface area contributed by atoms with Gasteiger partial charge in [0.05, 0.1) is 12.7 Å². The average molecular weight is 256 g/mol. The summed E-state index contributed by atoms with van der Waals surface area (Å²) in [4.78, 5) is 0. The van der Waals surface area contributed by atoms with Crippen molar-refractivity contribution in [1.29, 1.82) is 0 Å². The lowest BCUT2D eigenvalue weighted by Gasteiger charge is -2.21. The maximum Gasteiger partial charge on any atom is 0.0634 e. The molecule has 0 heterocycles. The van der Waals surface area contributed by atoms with Crippen LogP contribution in [0, 0.1) is 0 Å². The van der Waals surface area contributed by atoms with Crippen molar-refractivity contribution >= 4 is 0 Å². The van der Waals surface area contributed by atoms with Crippen molar-refractivity contribution < 1.29 is 10.2 Å². The molecule has 2 rings (SSSR count). The molecule has 0 bridgehead atoms. The molecule has 0 spiro atoms. The number of rotatable bonds is 6. The molecule has 100 valence electrons. The predicted molar refractivity (Wildman–Crippen MR) is 77.0 cm³/mol. The van der Waals surface area contributed by atoms with E-state index in [9.17, 15) is 10.2 Å². The van der Waals surface area contributed by atoms with E-state index in [4.69, 9.17) is 0 Å². The van der Waals surface area contributed by atoms with Crippen LogP contribution in [-0.4, -0.2) is 22.9 Å². The van der Waals surface area contributed by atoms with Crippen LogP contribution in [0.4, 0.5) is 0 Å². The van der Waals surface area contributed by atoms with Crippen molar-refractivity contribution in [2.45, 2.75) is 24.9 Å². The maximum absolute atomic E-state index is 10.3. The molecule has 2 aromatic carbocycles. The van der Waals surface area contributed by atoms with Crippen LogP contribution in [0.1, 0.15) is 23.5 Å². The van der Waals surface area contributed by atoms with E-state index >= 15 is 0 Å². The van der Waals surface area contributed by atoms with Gasteiger partial charge in [0, 0.05) is 5.92 Å². The molecule has 0 amide bonds. The summed E-state index contributed by atoms with van der Waals surface area (Å²) in [6.07, 6.45) is 0.961. The Morgan fingerprint density at radius 2 is 1.42 bits per heavy atom. The smallest absolute Gasteiger partial charge is 0.0634 e. The fourth-order valence-electron chi connectivity index (χ4n) is 2.31. The van der Waals surface area contributed by atoms with Gasteiger partial charge in [-0.15, -0.1) is 0 Å². The van der Waals surface area contributed by atoms with Crippen molar-refractivity contribution in [2.24, 2.45) is 0 Å². The Morgan fingerprint density at radius 3 is 2.00 bits per heavy atom. The highest BCUT2D eigenvalue weighted by Crippen LogP contribution is 2.22. The molecule has 2 nitrogen and oxygen atoms in total. The van der Waals surface area contributed by atoms with Crippen LogP contribution in [-0.2, 0) is 6.42 Å². The third kappa shape index (κ3) is 3.91. The lowest BCUT2D eigenvalue weighted by Crippen LogP contribution is -2.22. The summed E-state index contributed by atoms with van der Waals surface area (Å²) < 4.78 is 0. The first kappa shape index (κ1) is 13.8. The molecule has 0 fully saturated rings. The van der Waals surface area contributed by atoms with Crippen LogP contribution < -0.4 is 0 Å². The number of hydrogen-bond donors (Lipinski definition) is 2. The molecular weight excluding hydrogens is 236 g/mol. The second kappa shape index (κ2) is 7.07. The van der Waals surface area contributed by atoms with Crippen molar-refractivity contribution in [3.05, 3.63) is 71.8 Å². The number of benzene rings is 2. The molecule has 2 heteroatoms. The van der Waals surface area contributed by atoms with Crippen LogP contribution in [0.15, 0.2) is 60.7 Å². The Morgan fingerprint density at radius 1 is 0.842 bits per heavy atom. The van der Waals surface area contributed by atoms with E-state index in [1.54, 1.807) is 0 Å². The molecule has 2 aromatic rings. The summed E-state index contributed by atoms with van der Waals surface area (Å²) in [5.74, 6) is -0.204. The summed E-state index contributed by atoms with van der Waals surface area (Å²) in [6, 6.07) is 19.8. The van der Waals surface area contributed by atoms with Crippen LogP contribution >= 0.6 is 0 Å². The minimum atomic E-state index is -0.521. The van der Waals surface area contributed by atoms with Gasteiger partial charge in [-0.05, 0) is 24.0 Å². The Bertz CT molecular complexity index is 467. The highest BCUT2D eigenvalue weighted by Gasteiger charge is 2.19. The first-order valence-corrected chi connectivity index (χ1v) is 6.69. The third-order valence-electron chi connectivity index (χ3n) is 3.46. The van der Waals surface area contributed by atoms with E-state index in [1.165, 1.54) is 5.56 Å². The topological polar surface area (TPSA) is 40.5 Å². The Labute approximate surface area is 114 Å². The van der Waals surface area contributed by atoms with Gasteiger partial charge in [-0.1, -0.05) is 60.7 Å². The first-order chi connectivity index (χ1) is 9.31. The molecule has 2 N–H and O–H groups in total. The summed E-state index contributed by atoms with van der Waals surface area (Å²) >= 11 is 0. The van der Waals surface area contributed by atoms with Gasteiger partial charge >= 0.3 is 0 Å². The van der Waals surface area contributed by atoms with Gasteiger partial charge in [0.25, 0.3) is 0 Å². The highest BCUT2D eigenvalue weighted by molar-refractivity contribution is 5.21. The number of aliphatic hydroxyl groups is 2. The van der Waals surface area contributed by atoms with Crippen molar-refractivity contribution in [3.63, 3.8) is 0 Å². The minimum Gasteiger partial charge on any atom is -0.396 e. The van der Waals surface area contributed by atoms with Crippen LogP contribution in [0.5, 0.6) is 0 Å². The van der Waals surface area contributed by atoms with Crippen LogP contribution in [0.25, 0.3) is 0 Å². The Kier molecular flexibility index (Phi) is 5.13. The lowest BCUT2D eigenvalue weighted by atomic mass is 9.90. The second-order valence-electron chi connectivity index (χ2n) is 4.79. The molecule has 0 saturated heterocycles. The van der Waals surface area contributed by atoms with Crippen molar-refractivity contribution in [3.8, 4) is 0 Å². The van der Waals surface area contributed by atoms with Gasteiger partial charge in [0.15, 0.2) is 0 Å². The standard InChI is InChI=1S/C17H20O2/c18-13-16(15-9-5-2-6-10-15)17(19)12-11-14-7-3-1-4-8-14/h1-10,16-19H,11-13H2. The minimum absolute atomic E-state index is 0.0278. The van der Waals surface area contributed by atoms with Crippen LogP contribution in [0.2, 0.25) is 0 Å². The zero-order valence-electron chi connectivity index (χ0n) is 10.9. The van der Waals surface area contributed by atoms with E-state index in [0.717, 1.165) is 12.0 Å². The van der Waals surface area contributed by atoms with E-state index in [1.807, 2.05) is 48.5 Å². The second-order valence-corrected chi connectivity index (χ2v) is 4.79. The fourth-order valence-corrected chi connectivity index (χ4v) is 2.31. The van der Waals surface area contributed by atoms with Gasteiger partial charge in [0.1, 0.15) is 0 Å². The highest BCUT2D eigenvalue weighted by atomic mass is 16.3. The summed E-state index contributed by atoms with van der Waals surface area (Å²) in [7, 11) is 0. The summed E-state index contributed by atoms with van der Waals surface area (Å²) in [5.41, 5.74) is 2.21. The molecule has 0 saturated carbocycles. The van der Waals surface area contributed by atoms with Gasteiger partial charge in [0.2, 0.25) is 0 Å². The predicted octanol–water partition coefficient (Wildman–Crippen LogP) is 2.76. The normalized spacial score (nSPS) is 14.0. The van der Waals surface area contributed by atoms with Gasteiger partial charge in [-0.25, -0.2) is 0 Å². The maximum atomic E-state index is 10.3. The third-order valence-corrected chi connectivity index (χ3v) is 3.46. The monoisotopic (exact) mass is 256 g/mol. The quantitative estimate of drug-likeness (QED) is 0.834. The Hall–Kier alpha value is -1.64. The molecule has 19 heavy (non-hydrogen) atoms. The molecule has 0 aliphatic heterocycles. The largest absolute Gasteiger partial charge is 0.396 e. The zero-order chi connectivity index (χ0) is 13.5. The molecule has 0 radical (unpaired) electrons. The molecule has 0 aliphatic rings. The van der Waals surface area contributed by atoms with Gasteiger partial charge in [-0.2, -0.15) is 0 Å². The molecule has 2 unspecified atom stereocenters. The SMILES string of the molecule is OCC(c1ccccc1)C(O)CCc1ccccc1. The van der Waals surface area contributed by atoms with E-state index < -0.39 is 6.10 Å². The molecule has 0 aromatic heterocycles. The Balaban J connectivity index is 1.96. The van der Waals surface area contributed by atoms with E-state index in [0.29, 0.717) is 6.42 Å². The number of aryl methyl sites for hydroxylation is 1. The molecule has 2 atom stereocenters. The molecule has 0 aliphatic carbocycles. The van der Waals surface area contributed by atoms with E-state index in [-0.39, 0.29) is 12.5 Å². The average Bonchev–Trinajstić information content (AvgIpc) is 2.48. The first-order valence-electron chi connectivity index (χ1n) is 6.69. The number of hydrogen-bond acceptors (Lipinski definition) is 2. The van der Waals surface area contributed by atoms with Gasteiger partial charge in [-0.3, -0.25) is 0 Å². The summed E-state index contributed by atoms with van der Waals surface area (Å²) in [5, 5.41) is 19.8. The fraction of sp³-hybridized carbons (Fsp3) is 0.294. The van der Waals surface area contributed by atoms with Crippen molar-refractivity contribution in [2.75, 3.05) is 6.61 Å². The van der Waals surface area contributed by atoms with E-state index in [2.05, 4.69) is 12.1 Å². The number of aliphatic hydroxyl groups excluding tert-OH is 2. The van der Waals surface area contributed by atoms with Gasteiger partial charge < -0.3 is 10.2 Å². The summed E-state index contributed by atoms with van der Waals surface area (Å²) in [6.45, 7) is -0.0278. The van der Waals surface area contributed by atoms with Crippen LogP contribution in [0.3, 0.4) is 0 Å². The van der Waals surface area contributed by atoms with Crippen molar-refractivity contribution in [1.82, 2.24) is 0 Å².